The van der Waals surface area contributed by atoms with Gasteiger partial charge in [-0.05, 0) is 34.7 Å². The molecule has 8 heteroatoms. The van der Waals surface area contributed by atoms with Crippen LogP contribution in [0.1, 0.15) is 15.9 Å². The molecular weight excluding hydrogens is 294 g/mol. The Morgan fingerprint density at radius 3 is 2.87 bits per heavy atom. The predicted molar refractivity (Wildman–Crippen MR) is 81.1 cm³/mol. The zero-order chi connectivity index (χ0) is 16.2. The number of nitrogens with zero attached hydrogens (tertiary/aromatic N) is 6. The van der Waals surface area contributed by atoms with Crippen LogP contribution in [-0.2, 0) is 7.05 Å². The highest BCUT2D eigenvalue weighted by Crippen LogP contribution is 2.20. The van der Waals surface area contributed by atoms with Crippen molar-refractivity contribution in [3.63, 3.8) is 0 Å². The zero-order valence-electron chi connectivity index (χ0n) is 12.1. The van der Waals surface area contributed by atoms with E-state index < -0.39 is 0 Å². The quantitative estimate of drug-likeness (QED) is 0.783. The molecule has 1 N–H and O–H groups in total. The van der Waals surface area contributed by atoms with Gasteiger partial charge in [0.05, 0.1) is 29.1 Å². The molecule has 0 spiro atoms. The van der Waals surface area contributed by atoms with Crippen LogP contribution in [0.5, 0.6) is 0 Å². The fourth-order valence-corrected chi connectivity index (χ4v) is 2.08. The van der Waals surface area contributed by atoms with Crippen LogP contribution in [0.25, 0.3) is 11.4 Å². The maximum Gasteiger partial charge on any atom is 0.257 e. The summed E-state index contributed by atoms with van der Waals surface area (Å²) in [6, 6.07) is 10.3. The molecule has 112 valence electrons. The van der Waals surface area contributed by atoms with Gasteiger partial charge in [0.2, 0.25) is 0 Å². The van der Waals surface area contributed by atoms with Crippen molar-refractivity contribution < 1.29 is 4.79 Å². The van der Waals surface area contributed by atoms with E-state index in [2.05, 4.69) is 25.8 Å². The Labute approximate surface area is 131 Å². The highest BCUT2D eigenvalue weighted by molar-refractivity contribution is 6.06. The number of carbonyl (C=O) groups is 1. The predicted octanol–water partition coefficient (Wildman–Crippen LogP) is 1.40. The third-order valence-corrected chi connectivity index (χ3v) is 3.18. The Kier molecular flexibility index (Phi) is 3.76. The maximum atomic E-state index is 12.3. The summed E-state index contributed by atoms with van der Waals surface area (Å²) < 4.78 is 1.49. The molecule has 2 heterocycles. The van der Waals surface area contributed by atoms with Gasteiger partial charge in [-0.3, -0.25) is 9.78 Å². The largest absolute Gasteiger partial charge is 0.321 e. The van der Waals surface area contributed by atoms with Crippen molar-refractivity contribution in [2.75, 3.05) is 5.32 Å². The van der Waals surface area contributed by atoms with E-state index in [0.717, 1.165) is 0 Å². The lowest BCUT2D eigenvalue weighted by atomic mass is 10.0. The van der Waals surface area contributed by atoms with Crippen LogP contribution in [0.4, 0.5) is 5.69 Å². The summed E-state index contributed by atoms with van der Waals surface area (Å²) in [5.41, 5.74) is 1.73. The minimum absolute atomic E-state index is 0.242. The zero-order valence-corrected chi connectivity index (χ0v) is 12.1. The number of aromatic nitrogens is 5. The van der Waals surface area contributed by atoms with Gasteiger partial charge < -0.3 is 5.32 Å². The number of hydrogen-bond donors (Lipinski definition) is 1. The van der Waals surface area contributed by atoms with Gasteiger partial charge in [-0.15, -0.1) is 5.10 Å². The molecule has 0 saturated carbocycles. The number of pyridine rings is 1. The molecule has 1 aromatic carbocycles. The molecule has 1 amide bonds. The normalized spacial score (nSPS) is 10.1. The van der Waals surface area contributed by atoms with Crippen molar-refractivity contribution in [2.24, 2.45) is 7.05 Å². The first-order valence-corrected chi connectivity index (χ1v) is 6.67. The van der Waals surface area contributed by atoms with Gasteiger partial charge >= 0.3 is 0 Å². The first-order chi connectivity index (χ1) is 11.2. The smallest absolute Gasteiger partial charge is 0.257 e. The standard InChI is InChI=1S/C15H11N7O/c1-22-14(19-20-21-22)10-4-5-13(11(7-10)8-16)15(23)18-12-3-2-6-17-9-12/h2-7,9H,1H3,(H,18,23). The maximum absolute atomic E-state index is 12.3. The number of aryl methyl sites for hydroxylation is 1. The lowest BCUT2D eigenvalue weighted by Crippen LogP contribution is -2.13. The van der Waals surface area contributed by atoms with Crippen molar-refractivity contribution in [3.8, 4) is 17.5 Å². The highest BCUT2D eigenvalue weighted by atomic mass is 16.1. The van der Waals surface area contributed by atoms with Gasteiger partial charge in [-0.2, -0.15) is 5.26 Å². The topological polar surface area (TPSA) is 109 Å². The van der Waals surface area contributed by atoms with E-state index in [1.54, 1.807) is 43.6 Å². The van der Waals surface area contributed by atoms with Crippen molar-refractivity contribution in [1.29, 1.82) is 5.26 Å². The third-order valence-electron chi connectivity index (χ3n) is 3.18. The molecule has 8 nitrogen and oxygen atoms in total. The second kappa shape index (κ2) is 6.03. The van der Waals surface area contributed by atoms with Gasteiger partial charge in [-0.25, -0.2) is 4.68 Å². The van der Waals surface area contributed by atoms with Gasteiger partial charge in [0.15, 0.2) is 5.82 Å². The van der Waals surface area contributed by atoms with E-state index in [9.17, 15) is 10.1 Å². The molecule has 0 aliphatic rings. The molecular formula is C15H11N7O. The van der Waals surface area contributed by atoms with Crippen LogP contribution in [0, 0.1) is 11.3 Å². The molecule has 0 fully saturated rings. The minimum atomic E-state index is -0.378. The van der Waals surface area contributed by atoms with Gasteiger partial charge in [0.1, 0.15) is 0 Å². The van der Waals surface area contributed by atoms with Crippen LogP contribution < -0.4 is 5.32 Å². The molecule has 0 unspecified atom stereocenters. The fourth-order valence-electron chi connectivity index (χ4n) is 2.08. The number of tetrazole rings is 1. The van der Waals surface area contributed by atoms with E-state index in [4.69, 9.17) is 0 Å². The number of benzene rings is 1. The first-order valence-electron chi connectivity index (χ1n) is 6.67. The third kappa shape index (κ3) is 2.89. The Morgan fingerprint density at radius 2 is 2.22 bits per heavy atom. The number of carbonyl (C=O) groups excluding carboxylic acids is 1. The van der Waals surface area contributed by atoms with Crippen LogP contribution in [0.3, 0.4) is 0 Å². The van der Waals surface area contributed by atoms with Crippen molar-refractivity contribution in [2.45, 2.75) is 0 Å². The van der Waals surface area contributed by atoms with E-state index >= 15 is 0 Å². The Bertz CT molecular complexity index is 896. The van der Waals surface area contributed by atoms with Crippen molar-refractivity contribution >= 4 is 11.6 Å². The summed E-state index contributed by atoms with van der Waals surface area (Å²) in [7, 11) is 1.70. The average Bonchev–Trinajstić information content (AvgIpc) is 3.01. The molecule has 0 aliphatic heterocycles. The van der Waals surface area contributed by atoms with Crippen molar-refractivity contribution in [1.82, 2.24) is 25.2 Å². The Morgan fingerprint density at radius 1 is 1.35 bits per heavy atom. The highest BCUT2D eigenvalue weighted by Gasteiger charge is 2.15. The fraction of sp³-hybridized carbons (Fsp3) is 0.0667. The Balaban J connectivity index is 1.93. The summed E-state index contributed by atoms with van der Waals surface area (Å²) in [6.45, 7) is 0. The monoisotopic (exact) mass is 305 g/mol. The van der Waals surface area contributed by atoms with Crippen LogP contribution in [-0.4, -0.2) is 31.1 Å². The summed E-state index contributed by atoms with van der Waals surface area (Å²) in [5.74, 6) is 0.137. The van der Waals surface area contributed by atoms with Crippen LogP contribution >= 0.6 is 0 Å². The van der Waals surface area contributed by atoms with Crippen molar-refractivity contribution in [3.05, 3.63) is 53.9 Å². The van der Waals surface area contributed by atoms with E-state index in [-0.39, 0.29) is 17.0 Å². The molecule has 3 rings (SSSR count). The molecule has 0 radical (unpaired) electrons. The number of amides is 1. The summed E-state index contributed by atoms with van der Waals surface area (Å²) in [5, 5.41) is 23.2. The average molecular weight is 305 g/mol. The lowest BCUT2D eigenvalue weighted by Gasteiger charge is -2.07. The van der Waals surface area contributed by atoms with Gasteiger partial charge in [-0.1, -0.05) is 6.07 Å². The number of anilines is 1. The first kappa shape index (κ1) is 14.3. The van der Waals surface area contributed by atoms with Gasteiger partial charge in [0.25, 0.3) is 5.91 Å². The Hall–Kier alpha value is -3.60. The van der Waals surface area contributed by atoms with Gasteiger partial charge in [0, 0.05) is 18.8 Å². The summed E-state index contributed by atoms with van der Waals surface area (Å²) in [6.07, 6.45) is 3.14. The number of nitriles is 1. The molecule has 23 heavy (non-hydrogen) atoms. The SMILES string of the molecule is Cn1nnnc1-c1ccc(C(=O)Nc2cccnc2)c(C#N)c1. The van der Waals surface area contributed by atoms with Crippen LogP contribution in [0.15, 0.2) is 42.7 Å². The number of nitrogens with one attached hydrogen (secondary N) is 1. The second-order valence-electron chi connectivity index (χ2n) is 4.69. The van der Waals surface area contributed by atoms with E-state index in [0.29, 0.717) is 17.1 Å². The van der Waals surface area contributed by atoms with E-state index in [1.807, 2.05) is 6.07 Å². The molecule has 0 bridgehead atoms. The molecule has 3 aromatic rings. The summed E-state index contributed by atoms with van der Waals surface area (Å²) in [4.78, 5) is 16.2. The lowest BCUT2D eigenvalue weighted by molar-refractivity contribution is 0.102. The minimum Gasteiger partial charge on any atom is -0.321 e. The van der Waals surface area contributed by atoms with Crippen LogP contribution in [0.2, 0.25) is 0 Å². The molecule has 0 aliphatic carbocycles. The molecule has 0 atom stereocenters. The number of rotatable bonds is 3. The van der Waals surface area contributed by atoms with E-state index in [1.165, 1.54) is 10.9 Å². The molecule has 2 aromatic heterocycles. The number of hydrogen-bond acceptors (Lipinski definition) is 6. The summed E-state index contributed by atoms with van der Waals surface area (Å²) >= 11 is 0. The molecule has 0 saturated heterocycles. The second-order valence-corrected chi connectivity index (χ2v) is 4.69.